The van der Waals surface area contributed by atoms with Crippen LogP contribution in [-0.4, -0.2) is 9.97 Å². The van der Waals surface area contributed by atoms with Gasteiger partial charge in [-0.15, -0.1) is 0 Å². The van der Waals surface area contributed by atoms with E-state index in [4.69, 9.17) is 9.05 Å². The summed E-state index contributed by atoms with van der Waals surface area (Å²) in [4.78, 5) is 8.23. The molecule has 0 radical (unpaired) electrons. The maximum atomic E-state index is 12.0. The number of rotatable bonds is 6. The molecule has 0 amide bonds. The summed E-state index contributed by atoms with van der Waals surface area (Å²) in [7, 11) is -2.63. The van der Waals surface area contributed by atoms with Crippen molar-refractivity contribution < 1.29 is 13.6 Å². The van der Waals surface area contributed by atoms with E-state index in [2.05, 4.69) is 41.8 Å². The SMILES string of the molecule is CC(O[PH](=O)OC(C)c1ccc(Br)nc1)c1ccc(Br)nc1. The van der Waals surface area contributed by atoms with Crippen LogP contribution in [0.25, 0.3) is 0 Å². The summed E-state index contributed by atoms with van der Waals surface area (Å²) in [6.07, 6.45) is 2.63. The smallest absolute Gasteiger partial charge is 0.303 e. The zero-order valence-electron chi connectivity index (χ0n) is 12.0. The van der Waals surface area contributed by atoms with Gasteiger partial charge in [0.05, 0.1) is 12.2 Å². The Labute approximate surface area is 146 Å². The third kappa shape index (κ3) is 5.25. The van der Waals surface area contributed by atoms with Crippen LogP contribution >= 0.6 is 40.1 Å². The van der Waals surface area contributed by atoms with Gasteiger partial charge >= 0.3 is 8.25 Å². The van der Waals surface area contributed by atoms with Crippen LogP contribution in [0, 0.1) is 0 Å². The molecule has 2 atom stereocenters. The van der Waals surface area contributed by atoms with E-state index < -0.39 is 8.25 Å². The average Bonchev–Trinajstić information content (AvgIpc) is 2.48. The Morgan fingerprint density at radius 3 is 1.64 bits per heavy atom. The zero-order valence-corrected chi connectivity index (χ0v) is 16.2. The van der Waals surface area contributed by atoms with Gasteiger partial charge in [-0.25, -0.2) is 9.97 Å². The molecular formula is C14H15Br2N2O3P. The first-order chi connectivity index (χ1) is 10.5. The van der Waals surface area contributed by atoms with Gasteiger partial charge in [-0.05, 0) is 69.0 Å². The van der Waals surface area contributed by atoms with E-state index in [9.17, 15) is 4.57 Å². The Morgan fingerprint density at radius 2 is 1.32 bits per heavy atom. The summed E-state index contributed by atoms with van der Waals surface area (Å²) in [5, 5.41) is 0. The lowest BCUT2D eigenvalue weighted by Crippen LogP contribution is -1.99. The molecule has 2 heterocycles. The van der Waals surface area contributed by atoms with Crippen LogP contribution in [-0.2, 0) is 13.6 Å². The Morgan fingerprint density at radius 1 is 0.909 bits per heavy atom. The van der Waals surface area contributed by atoms with Crippen molar-refractivity contribution in [1.82, 2.24) is 9.97 Å². The highest BCUT2D eigenvalue weighted by atomic mass is 79.9. The van der Waals surface area contributed by atoms with Gasteiger partial charge < -0.3 is 9.05 Å². The number of halogens is 2. The molecule has 22 heavy (non-hydrogen) atoms. The van der Waals surface area contributed by atoms with Gasteiger partial charge in [-0.2, -0.15) is 0 Å². The molecule has 2 rings (SSSR count). The highest BCUT2D eigenvalue weighted by Crippen LogP contribution is 2.37. The maximum Gasteiger partial charge on any atom is 0.320 e. The number of pyridine rings is 2. The molecule has 8 heteroatoms. The number of hydrogen-bond donors (Lipinski definition) is 0. The third-order valence-corrected chi connectivity index (χ3v) is 5.02. The van der Waals surface area contributed by atoms with Crippen molar-refractivity contribution in [2.45, 2.75) is 26.1 Å². The number of aromatic nitrogens is 2. The zero-order chi connectivity index (χ0) is 16.1. The quantitative estimate of drug-likeness (QED) is 0.445. The first-order valence-corrected chi connectivity index (χ1v) is 9.37. The van der Waals surface area contributed by atoms with E-state index in [1.165, 1.54) is 0 Å². The van der Waals surface area contributed by atoms with Crippen LogP contribution in [0.15, 0.2) is 45.9 Å². The largest absolute Gasteiger partial charge is 0.320 e. The second-order valence-electron chi connectivity index (χ2n) is 4.60. The summed E-state index contributed by atoms with van der Waals surface area (Å²) in [5.41, 5.74) is 1.67. The van der Waals surface area contributed by atoms with Gasteiger partial charge in [0.2, 0.25) is 0 Å². The Bertz CT molecular complexity index is 582. The van der Waals surface area contributed by atoms with E-state index >= 15 is 0 Å². The molecule has 0 aliphatic rings. The summed E-state index contributed by atoms with van der Waals surface area (Å²) in [6.45, 7) is 3.62. The molecule has 0 spiro atoms. The minimum Gasteiger partial charge on any atom is -0.303 e. The highest BCUT2D eigenvalue weighted by molar-refractivity contribution is 9.10. The molecule has 2 aromatic heterocycles. The number of hydrogen-bond acceptors (Lipinski definition) is 5. The predicted molar refractivity (Wildman–Crippen MR) is 91.9 cm³/mol. The fraction of sp³-hybridized carbons (Fsp3) is 0.286. The Balaban J connectivity index is 1.91. The average molecular weight is 450 g/mol. The van der Waals surface area contributed by atoms with Crippen molar-refractivity contribution in [2.75, 3.05) is 0 Å². The minimum absolute atomic E-state index is 0.359. The molecule has 5 nitrogen and oxygen atoms in total. The fourth-order valence-electron chi connectivity index (χ4n) is 1.71. The minimum atomic E-state index is -2.63. The summed E-state index contributed by atoms with van der Waals surface area (Å²) < 4.78 is 24.4. The van der Waals surface area contributed by atoms with Gasteiger partial charge in [-0.3, -0.25) is 4.57 Å². The molecule has 0 saturated heterocycles. The molecule has 2 aromatic rings. The lowest BCUT2D eigenvalue weighted by atomic mass is 10.2. The van der Waals surface area contributed by atoms with Crippen LogP contribution in [0.5, 0.6) is 0 Å². The first-order valence-electron chi connectivity index (χ1n) is 6.56. The van der Waals surface area contributed by atoms with Gasteiger partial charge in [0.25, 0.3) is 0 Å². The van der Waals surface area contributed by atoms with Crippen molar-refractivity contribution in [3.8, 4) is 0 Å². The van der Waals surface area contributed by atoms with Crippen molar-refractivity contribution in [3.63, 3.8) is 0 Å². The molecule has 2 unspecified atom stereocenters. The van der Waals surface area contributed by atoms with Crippen LogP contribution < -0.4 is 0 Å². The topological polar surface area (TPSA) is 61.3 Å². The third-order valence-electron chi connectivity index (χ3n) is 2.99. The normalized spacial score (nSPS) is 15.3. The maximum absolute atomic E-state index is 12.0. The van der Waals surface area contributed by atoms with Crippen molar-refractivity contribution in [3.05, 3.63) is 57.0 Å². The predicted octanol–water partition coefficient (Wildman–Crippen LogP) is 5.25. The molecular weight excluding hydrogens is 435 g/mol. The van der Waals surface area contributed by atoms with E-state index in [0.717, 1.165) is 20.3 Å². The summed E-state index contributed by atoms with van der Waals surface area (Å²) >= 11 is 6.54. The molecule has 0 fully saturated rings. The van der Waals surface area contributed by atoms with Gasteiger partial charge in [0.1, 0.15) is 9.21 Å². The van der Waals surface area contributed by atoms with Gasteiger partial charge in [-0.1, -0.05) is 12.1 Å². The Kier molecular flexibility index (Phi) is 6.71. The van der Waals surface area contributed by atoms with E-state index in [1.807, 2.05) is 38.1 Å². The Hall–Kier alpha value is -0.590. The molecule has 0 aromatic carbocycles. The van der Waals surface area contributed by atoms with E-state index in [-0.39, 0.29) is 12.2 Å². The summed E-state index contributed by atoms with van der Waals surface area (Å²) in [6, 6.07) is 7.34. The monoisotopic (exact) mass is 448 g/mol. The molecule has 0 bridgehead atoms. The molecule has 0 N–H and O–H groups in total. The lowest BCUT2D eigenvalue weighted by molar-refractivity contribution is 0.146. The standard InChI is InChI=1S/C14H15Br2N2O3P/c1-9(11-3-5-13(15)17-7-11)20-22(19)21-10(2)12-4-6-14(16)18-8-12/h3-10,22H,1-2H3. The first kappa shape index (κ1) is 17.8. The molecule has 0 saturated carbocycles. The lowest BCUT2D eigenvalue weighted by Gasteiger charge is -2.16. The van der Waals surface area contributed by atoms with Crippen LogP contribution in [0.4, 0.5) is 0 Å². The molecule has 0 aliphatic carbocycles. The number of nitrogens with zero attached hydrogens (tertiary/aromatic N) is 2. The van der Waals surface area contributed by atoms with E-state index in [1.54, 1.807) is 12.4 Å². The van der Waals surface area contributed by atoms with Crippen LogP contribution in [0.3, 0.4) is 0 Å². The molecule has 0 aliphatic heterocycles. The van der Waals surface area contributed by atoms with E-state index in [0.29, 0.717) is 0 Å². The summed E-state index contributed by atoms with van der Waals surface area (Å²) in [5.74, 6) is 0. The van der Waals surface area contributed by atoms with Crippen LogP contribution in [0.1, 0.15) is 37.2 Å². The second-order valence-corrected chi connectivity index (χ2v) is 7.20. The second kappa shape index (κ2) is 8.31. The van der Waals surface area contributed by atoms with Crippen molar-refractivity contribution in [2.24, 2.45) is 0 Å². The van der Waals surface area contributed by atoms with Crippen LogP contribution in [0.2, 0.25) is 0 Å². The molecule has 118 valence electrons. The highest BCUT2D eigenvalue weighted by Gasteiger charge is 2.15. The van der Waals surface area contributed by atoms with Gasteiger partial charge in [0.15, 0.2) is 0 Å². The van der Waals surface area contributed by atoms with Crippen molar-refractivity contribution >= 4 is 40.1 Å². The fourth-order valence-corrected chi connectivity index (χ4v) is 3.08. The van der Waals surface area contributed by atoms with Crippen molar-refractivity contribution in [1.29, 1.82) is 0 Å². The van der Waals surface area contributed by atoms with Gasteiger partial charge in [0, 0.05) is 12.4 Å².